The van der Waals surface area contributed by atoms with Crippen LogP contribution < -0.4 is 0 Å². The SMILES string of the molecule is CN1CCN(C(=O)N2CCSCC2CC(=O)O)CC1=O. The molecule has 0 bridgehead atoms. The van der Waals surface area contributed by atoms with Gasteiger partial charge in [0, 0.05) is 38.2 Å². The van der Waals surface area contributed by atoms with Crippen LogP contribution in [0.5, 0.6) is 0 Å². The lowest BCUT2D eigenvalue weighted by Gasteiger charge is -2.40. The second kappa shape index (κ2) is 6.34. The van der Waals surface area contributed by atoms with Crippen molar-refractivity contribution >= 4 is 29.7 Å². The van der Waals surface area contributed by atoms with E-state index in [1.807, 2.05) is 0 Å². The number of carbonyl (C=O) groups excluding carboxylic acids is 2. The molecule has 0 radical (unpaired) electrons. The van der Waals surface area contributed by atoms with E-state index in [4.69, 9.17) is 5.11 Å². The van der Waals surface area contributed by atoms with Crippen molar-refractivity contribution in [1.29, 1.82) is 0 Å². The number of carboxylic acids is 1. The number of carbonyl (C=O) groups is 3. The molecule has 8 heteroatoms. The fourth-order valence-electron chi connectivity index (χ4n) is 2.38. The summed E-state index contributed by atoms with van der Waals surface area (Å²) in [7, 11) is 1.72. The van der Waals surface area contributed by atoms with E-state index in [0.29, 0.717) is 25.4 Å². The quantitative estimate of drug-likeness (QED) is 0.762. The number of rotatable bonds is 2. The van der Waals surface area contributed by atoms with E-state index in [1.165, 1.54) is 4.90 Å². The summed E-state index contributed by atoms with van der Waals surface area (Å²) in [5.41, 5.74) is 0. The Bertz CT molecular complexity index is 418. The summed E-state index contributed by atoms with van der Waals surface area (Å²) >= 11 is 1.66. The minimum Gasteiger partial charge on any atom is -0.481 e. The van der Waals surface area contributed by atoms with Crippen LogP contribution >= 0.6 is 11.8 Å². The van der Waals surface area contributed by atoms with Crippen molar-refractivity contribution in [3.05, 3.63) is 0 Å². The third-order valence-electron chi connectivity index (χ3n) is 3.61. The van der Waals surface area contributed by atoms with Crippen LogP contribution in [0.15, 0.2) is 0 Å². The molecule has 0 spiro atoms. The summed E-state index contributed by atoms with van der Waals surface area (Å²) in [5, 5.41) is 8.93. The monoisotopic (exact) mass is 301 g/mol. The zero-order valence-corrected chi connectivity index (χ0v) is 12.3. The van der Waals surface area contributed by atoms with Gasteiger partial charge in [-0.25, -0.2) is 4.79 Å². The van der Waals surface area contributed by atoms with Crippen LogP contribution in [-0.2, 0) is 9.59 Å². The number of thioether (sulfide) groups is 1. The number of carboxylic acid groups (broad SMARTS) is 1. The van der Waals surface area contributed by atoms with Gasteiger partial charge < -0.3 is 19.8 Å². The lowest BCUT2D eigenvalue weighted by Crippen LogP contribution is -2.58. The fraction of sp³-hybridized carbons (Fsp3) is 0.750. The highest BCUT2D eigenvalue weighted by molar-refractivity contribution is 7.99. The van der Waals surface area contributed by atoms with Crippen LogP contribution in [0.3, 0.4) is 0 Å². The number of urea groups is 1. The first-order valence-corrected chi connectivity index (χ1v) is 7.73. The largest absolute Gasteiger partial charge is 0.481 e. The highest BCUT2D eigenvalue weighted by Gasteiger charge is 2.34. The molecule has 2 fully saturated rings. The van der Waals surface area contributed by atoms with Gasteiger partial charge in [-0.1, -0.05) is 0 Å². The third-order valence-corrected chi connectivity index (χ3v) is 4.70. The maximum Gasteiger partial charge on any atom is 0.320 e. The Balaban J connectivity index is 2.02. The number of aliphatic carboxylic acids is 1. The summed E-state index contributed by atoms with van der Waals surface area (Å²) in [5.74, 6) is 0.471. The minimum atomic E-state index is -0.898. The van der Waals surface area contributed by atoms with Crippen LogP contribution in [0.1, 0.15) is 6.42 Å². The summed E-state index contributed by atoms with van der Waals surface area (Å²) < 4.78 is 0. The van der Waals surface area contributed by atoms with Crippen molar-refractivity contribution < 1.29 is 19.5 Å². The molecule has 7 nitrogen and oxygen atoms in total. The van der Waals surface area contributed by atoms with Gasteiger partial charge in [0.25, 0.3) is 0 Å². The van der Waals surface area contributed by atoms with E-state index in [1.54, 1.807) is 28.6 Å². The Kier molecular flexibility index (Phi) is 4.74. The molecule has 20 heavy (non-hydrogen) atoms. The van der Waals surface area contributed by atoms with Crippen molar-refractivity contribution in [2.24, 2.45) is 0 Å². The molecular weight excluding hydrogens is 282 g/mol. The number of piperazine rings is 1. The van der Waals surface area contributed by atoms with Crippen LogP contribution in [0.4, 0.5) is 4.79 Å². The number of hydrogen-bond acceptors (Lipinski definition) is 4. The topological polar surface area (TPSA) is 81.2 Å². The van der Waals surface area contributed by atoms with Gasteiger partial charge in [0.2, 0.25) is 5.91 Å². The molecule has 2 heterocycles. The second-order valence-electron chi connectivity index (χ2n) is 5.04. The third kappa shape index (κ3) is 3.36. The first-order chi connectivity index (χ1) is 9.49. The van der Waals surface area contributed by atoms with Crippen LogP contribution in [-0.4, -0.2) is 88.5 Å². The molecule has 3 amide bonds. The molecule has 2 aliphatic rings. The van der Waals surface area contributed by atoms with Crippen molar-refractivity contribution in [2.45, 2.75) is 12.5 Å². The standard InChI is InChI=1S/C12H19N3O4S/c1-13-2-3-14(7-10(13)16)12(19)15-4-5-20-8-9(15)6-11(17)18/h9H,2-8H2,1H3,(H,17,18). The maximum absolute atomic E-state index is 12.5. The van der Waals surface area contributed by atoms with Crippen LogP contribution in [0.2, 0.25) is 0 Å². The molecular formula is C12H19N3O4S. The van der Waals surface area contributed by atoms with Crippen LogP contribution in [0.25, 0.3) is 0 Å². The summed E-state index contributed by atoms with van der Waals surface area (Å²) in [4.78, 5) is 39.8. The van der Waals surface area contributed by atoms with Gasteiger partial charge in [-0.05, 0) is 0 Å². The zero-order valence-electron chi connectivity index (χ0n) is 11.4. The van der Waals surface area contributed by atoms with E-state index in [9.17, 15) is 14.4 Å². The predicted molar refractivity (Wildman–Crippen MR) is 74.7 cm³/mol. The minimum absolute atomic E-state index is 0.0412. The van der Waals surface area contributed by atoms with Gasteiger partial charge in [0.1, 0.15) is 6.54 Å². The molecule has 2 saturated heterocycles. The fourth-order valence-corrected chi connectivity index (χ4v) is 3.44. The van der Waals surface area contributed by atoms with E-state index in [-0.39, 0.29) is 30.9 Å². The average molecular weight is 301 g/mol. The summed E-state index contributed by atoms with van der Waals surface area (Å²) in [6.07, 6.45) is -0.0412. The van der Waals surface area contributed by atoms with E-state index in [0.717, 1.165) is 5.75 Å². The molecule has 0 aromatic carbocycles. The molecule has 1 atom stereocenters. The molecule has 1 N–H and O–H groups in total. The van der Waals surface area contributed by atoms with E-state index >= 15 is 0 Å². The number of nitrogens with zero attached hydrogens (tertiary/aromatic N) is 3. The Morgan fingerprint density at radius 2 is 2.10 bits per heavy atom. The van der Waals surface area contributed by atoms with Gasteiger partial charge in [-0.2, -0.15) is 11.8 Å². The van der Waals surface area contributed by atoms with Crippen LogP contribution in [0, 0.1) is 0 Å². The van der Waals surface area contributed by atoms with Gasteiger partial charge in [0.15, 0.2) is 0 Å². The lowest BCUT2D eigenvalue weighted by molar-refractivity contribution is -0.138. The smallest absolute Gasteiger partial charge is 0.320 e. The van der Waals surface area contributed by atoms with Gasteiger partial charge in [0.05, 0.1) is 12.5 Å². The van der Waals surface area contributed by atoms with Crippen molar-refractivity contribution in [3.63, 3.8) is 0 Å². The normalized spacial score (nSPS) is 23.9. The Morgan fingerprint density at radius 3 is 2.75 bits per heavy atom. The lowest BCUT2D eigenvalue weighted by atomic mass is 10.2. The zero-order chi connectivity index (χ0) is 14.7. The number of hydrogen-bond donors (Lipinski definition) is 1. The molecule has 0 aliphatic carbocycles. The van der Waals surface area contributed by atoms with E-state index in [2.05, 4.69) is 0 Å². The number of likely N-dealkylation sites (N-methyl/N-ethyl adjacent to an activating group) is 1. The molecule has 2 aliphatic heterocycles. The first-order valence-electron chi connectivity index (χ1n) is 6.58. The van der Waals surface area contributed by atoms with Gasteiger partial charge >= 0.3 is 12.0 Å². The Labute approximate surface area is 121 Å². The summed E-state index contributed by atoms with van der Waals surface area (Å²) in [6.45, 7) is 1.65. The predicted octanol–water partition coefficient (Wildman–Crippen LogP) is -0.227. The highest BCUT2D eigenvalue weighted by Crippen LogP contribution is 2.21. The maximum atomic E-state index is 12.5. The van der Waals surface area contributed by atoms with Crippen molar-refractivity contribution in [1.82, 2.24) is 14.7 Å². The van der Waals surface area contributed by atoms with Crippen molar-refractivity contribution in [2.75, 3.05) is 44.7 Å². The van der Waals surface area contributed by atoms with Gasteiger partial charge in [-0.15, -0.1) is 0 Å². The molecule has 0 saturated carbocycles. The number of amides is 3. The molecule has 2 rings (SSSR count). The molecule has 0 aromatic rings. The highest BCUT2D eigenvalue weighted by atomic mass is 32.2. The molecule has 1 unspecified atom stereocenters. The van der Waals surface area contributed by atoms with Crippen molar-refractivity contribution in [3.8, 4) is 0 Å². The molecule has 112 valence electrons. The Morgan fingerprint density at radius 1 is 1.35 bits per heavy atom. The van der Waals surface area contributed by atoms with Gasteiger partial charge in [-0.3, -0.25) is 9.59 Å². The second-order valence-corrected chi connectivity index (χ2v) is 6.19. The summed E-state index contributed by atoms with van der Waals surface area (Å²) in [6, 6.07) is -0.494. The molecule has 0 aromatic heterocycles. The average Bonchev–Trinajstić information content (AvgIpc) is 2.41. The Hall–Kier alpha value is -1.44. The van der Waals surface area contributed by atoms with E-state index < -0.39 is 5.97 Å². The first kappa shape index (κ1) is 15.0.